The Morgan fingerprint density at radius 1 is 1.19 bits per heavy atom. The van der Waals surface area contributed by atoms with Crippen LogP contribution in [0.5, 0.6) is 5.75 Å². The zero-order valence-corrected chi connectivity index (χ0v) is 15.9. The van der Waals surface area contributed by atoms with Gasteiger partial charge in [0.2, 0.25) is 11.8 Å². The Labute approximate surface area is 153 Å². The molecule has 0 fully saturated rings. The van der Waals surface area contributed by atoms with E-state index in [9.17, 15) is 14.4 Å². The number of likely N-dealkylation sites (N-methyl/N-ethyl adjacent to an activating group) is 2. The minimum atomic E-state index is -0.218. The second-order valence-corrected chi connectivity index (χ2v) is 6.73. The van der Waals surface area contributed by atoms with Gasteiger partial charge in [-0.2, -0.15) is 0 Å². The Balaban J connectivity index is 2.05. The molecule has 1 N–H and O–H groups in total. The number of carbonyl (C=O) groups excluding carboxylic acids is 3. The second kappa shape index (κ2) is 8.07. The van der Waals surface area contributed by atoms with Crippen LogP contribution in [0, 0.1) is 0 Å². The molecule has 0 aromatic heterocycles. The molecular weight excluding hydrogens is 336 g/mol. The first-order chi connectivity index (χ1) is 12.2. The Kier molecular flexibility index (Phi) is 6.07. The molecule has 2 rings (SSSR count). The fourth-order valence-electron chi connectivity index (χ4n) is 2.62. The molecule has 1 aliphatic heterocycles. The first kappa shape index (κ1) is 19.6. The summed E-state index contributed by atoms with van der Waals surface area (Å²) in [7, 11) is 8.55. The number of anilines is 1. The van der Waals surface area contributed by atoms with E-state index in [1.54, 1.807) is 46.4 Å². The highest BCUT2D eigenvalue weighted by atomic mass is 16.5. The summed E-state index contributed by atoms with van der Waals surface area (Å²) in [6.07, 6.45) is 0.197. The predicted molar refractivity (Wildman–Crippen MR) is 98.5 cm³/mol. The number of nitrogens with one attached hydrogen (secondary N) is 1. The summed E-state index contributed by atoms with van der Waals surface area (Å²) in [6.45, 7) is 0.334. The van der Waals surface area contributed by atoms with Crippen molar-refractivity contribution in [2.45, 2.75) is 12.5 Å². The molecule has 1 aromatic rings. The fourth-order valence-corrected chi connectivity index (χ4v) is 2.62. The average Bonchev–Trinajstić information content (AvgIpc) is 2.61. The van der Waals surface area contributed by atoms with Crippen molar-refractivity contribution in [3.63, 3.8) is 0 Å². The van der Waals surface area contributed by atoms with E-state index < -0.39 is 0 Å². The van der Waals surface area contributed by atoms with Gasteiger partial charge in [-0.25, -0.2) is 0 Å². The lowest BCUT2D eigenvalue weighted by molar-refractivity contribution is -0.131. The van der Waals surface area contributed by atoms with E-state index in [-0.39, 0.29) is 36.7 Å². The summed E-state index contributed by atoms with van der Waals surface area (Å²) < 4.78 is 5.74. The summed E-state index contributed by atoms with van der Waals surface area (Å²) in [5.41, 5.74) is 1.33. The first-order valence-electron chi connectivity index (χ1n) is 8.39. The summed E-state index contributed by atoms with van der Waals surface area (Å²) in [6, 6.07) is 5.10. The zero-order valence-electron chi connectivity index (χ0n) is 15.9. The van der Waals surface area contributed by atoms with Gasteiger partial charge in [-0.15, -0.1) is 0 Å². The Bertz CT molecular complexity index is 702. The topological polar surface area (TPSA) is 82.2 Å². The number of hydrogen-bond acceptors (Lipinski definition) is 5. The fraction of sp³-hybridized carbons (Fsp3) is 0.500. The Hall–Kier alpha value is -2.77. The van der Waals surface area contributed by atoms with E-state index in [0.29, 0.717) is 17.9 Å². The number of rotatable bonds is 5. The van der Waals surface area contributed by atoms with Crippen molar-refractivity contribution in [1.29, 1.82) is 0 Å². The summed E-state index contributed by atoms with van der Waals surface area (Å²) in [5.74, 6) is 0.207. The molecule has 8 nitrogen and oxygen atoms in total. The number of hydrogen-bond donors (Lipinski definition) is 1. The lowest BCUT2D eigenvalue weighted by Gasteiger charge is -2.35. The molecule has 0 aliphatic carbocycles. The number of benzene rings is 1. The first-order valence-corrected chi connectivity index (χ1v) is 8.39. The highest BCUT2D eigenvalue weighted by Crippen LogP contribution is 2.34. The van der Waals surface area contributed by atoms with E-state index in [0.717, 1.165) is 5.69 Å². The van der Waals surface area contributed by atoms with Crippen LogP contribution in [-0.2, 0) is 9.59 Å². The molecule has 0 bridgehead atoms. The third-order valence-corrected chi connectivity index (χ3v) is 4.33. The lowest BCUT2D eigenvalue weighted by atomic mass is 10.1. The minimum absolute atomic E-state index is 0.0266. The van der Waals surface area contributed by atoms with Gasteiger partial charge in [0, 0.05) is 40.8 Å². The molecule has 8 heteroatoms. The maximum atomic E-state index is 12.2. The van der Waals surface area contributed by atoms with E-state index >= 15 is 0 Å². The molecule has 1 atom stereocenters. The van der Waals surface area contributed by atoms with Crippen molar-refractivity contribution in [2.75, 3.05) is 53.3 Å². The van der Waals surface area contributed by atoms with Crippen molar-refractivity contribution < 1.29 is 19.1 Å². The molecule has 0 spiro atoms. The average molecular weight is 362 g/mol. The van der Waals surface area contributed by atoms with E-state index in [4.69, 9.17) is 4.74 Å². The van der Waals surface area contributed by atoms with Gasteiger partial charge in [-0.1, -0.05) is 0 Å². The molecule has 1 heterocycles. The summed E-state index contributed by atoms with van der Waals surface area (Å²) in [4.78, 5) is 40.7. The van der Waals surface area contributed by atoms with Gasteiger partial charge < -0.3 is 24.8 Å². The number of nitrogens with zero attached hydrogens (tertiary/aromatic N) is 3. The SMILES string of the molecule is CN(C)C(=O)CNC(=O)C[C@@H]1COc2ccc(C(=O)N(C)C)cc2N1C. The molecule has 1 aliphatic rings. The monoisotopic (exact) mass is 362 g/mol. The van der Waals surface area contributed by atoms with Crippen LogP contribution in [0.1, 0.15) is 16.8 Å². The maximum absolute atomic E-state index is 12.2. The van der Waals surface area contributed by atoms with Crippen molar-refractivity contribution in [1.82, 2.24) is 15.1 Å². The molecule has 0 radical (unpaired) electrons. The molecule has 0 saturated carbocycles. The van der Waals surface area contributed by atoms with Gasteiger partial charge in [-0.05, 0) is 18.2 Å². The number of carbonyl (C=O) groups is 3. The van der Waals surface area contributed by atoms with Gasteiger partial charge in [0.15, 0.2) is 0 Å². The van der Waals surface area contributed by atoms with Crippen molar-refractivity contribution in [3.05, 3.63) is 23.8 Å². The Morgan fingerprint density at radius 3 is 2.50 bits per heavy atom. The molecule has 0 unspecified atom stereocenters. The van der Waals surface area contributed by atoms with Gasteiger partial charge in [-0.3, -0.25) is 14.4 Å². The van der Waals surface area contributed by atoms with Crippen LogP contribution in [0.15, 0.2) is 18.2 Å². The summed E-state index contributed by atoms with van der Waals surface area (Å²) >= 11 is 0. The molecule has 0 saturated heterocycles. The van der Waals surface area contributed by atoms with Gasteiger partial charge in [0.25, 0.3) is 5.91 Å². The van der Waals surface area contributed by atoms with E-state index in [2.05, 4.69) is 5.32 Å². The third kappa shape index (κ3) is 4.44. The largest absolute Gasteiger partial charge is 0.489 e. The maximum Gasteiger partial charge on any atom is 0.253 e. The van der Waals surface area contributed by atoms with Crippen LogP contribution in [-0.4, -0.2) is 82.0 Å². The van der Waals surface area contributed by atoms with Crippen molar-refractivity contribution >= 4 is 23.4 Å². The van der Waals surface area contributed by atoms with E-state index in [1.807, 2.05) is 11.9 Å². The van der Waals surface area contributed by atoms with E-state index in [1.165, 1.54) is 9.80 Å². The Morgan fingerprint density at radius 2 is 1.88 bits per heavy atom. The molecule has 1 aromatic carbocycles. The smallest absolute Gasteiger partial charge is 0.253 e. The molecule has 3 amide bonds. The third-order valence-electron chi connectivity index (χ3n) is 4.33. The van der Waals surface area contributed by atoms with Crippen molar-refractivity contribution in [3.8, 4) is 5.75 Å². The van der Waals surface area contributed by atoms with Gasteiger partial charge in [0.05, 0.1) is 24.7 Å². The second-order valence-electron chi connectivity index (χ2n) is 6.73. The standard InChI is InChI=1S/C18H26N4O4/c1-20(2)17(24)10-19-16(23)9-13-11-26-15-7-6-12(18(25)21(3)4)8-14(15)22(13)5/h6-8,13H,9-11H2,1-5H3,(H,19,23)/t13-/m1/s1. The number of fused-ring (bicyclic) bond motifs is 1. The van der Waals surface area contributed by atoms with Gasteiger partial charge >= 0.3 is 0 Å². The van der Waals surface area contributed by atoms with Crippen LogP contribution in [0.2, 0.25) is 0 Å². The van der Waals surface area contributed by atoms with Crippen LogP contribution >= 0.6 is 0 Å². The molecule has 142 valence electrons. The van der Waals surface area contributed by atoms with Crippen LogP contribution < -0.4 is 15.0 Å². The van der Waals surface area contributed by atoms with Crippen LogP contribution in [0.4, 0.5) is 5.69 Å². The van der Waals surface area contributed by atoms with Crippen molar-refractivity contribution in [2.24, 2.45) is 0 Å². The highest BCUT2D eigenvalue weighted by molar-refractivity contribution is 5.95. The van der Waals surface area contributed by atoms with Gasteiger partial charge in [0.1, 0.15) is 12.4 Å². The lowest BCUT2D eigenvalue weighted by Crippen LogP contribution is -2.45. The summed E-state index contributed by atoms with van der Waals surface area (Å²) in [5, 5.41) is 2.63. The number of ether oxygens (including phenoxy) is 1. The minimum Gasteiger partial charge on any atom is -0.489 e. The highest BCUT2D eigenvalue weighted by Gasteiger charge is 2.28. The number of amides is 3. The normalized spacial score (nSPS) is 15.6. The quantitative estimate of drug-likeness (QED) is 0.808. The predicted octanol–water partition coefficient (Wildman–Crippen LogP) is 0.180. The molecule has 26 heavy (non-hydrogen) atoms. The zero-order chi connectivity index (χ0) is 19.4. The molecular formula is C18H26N4O4. The van der Waals surface area contributed by atoms with Crippen LogP contribution in [0.3, 0.4) is 0 Å². The van der Waals surface area contributed by atoms with Crippen LogP contribution in [0.25, 0.3) is 0 Å².